The molecule has 0 amide bonds. The number of aldehydes is 1. The number of fused-ring (bicyclic) bond motifs is 2. The van der Waals surface area contributed by atoms with Crippen molar-refractivity contribution in [2.24, 2.45) is 45.8 Å². The summed E-state index contributed by atoms with van der Waals surface area (Å²) in [7, 11) is 0. The number of aliphatic carboxylic acids is 1. The van der Waals surface area contributed by atoms with Gasteiger partial charge in [-0.25, -0.2) is 0 Å². The minimum Gasteiger partial charge on any atom is -0.481 e. The van der Waals surface area contributed by atoms with Crippen molar-refractivity contribution in [3.63, 3.8) is 0 Å². The van der Waals surface area contributed by atoms with Crippen LogP contribution < -0.4 is 0 Å². The number of allylic oxidation sites excluding steroid dienone is 1. The summed E-state index contributed by atoms with van der Waals surface area (Å²) in [5.41, 5.74) is -1.74. The molecule has 34 heavy (non-hydrogen) atoms. The van der Waals surface area contributed by atoms with Gasteiger partial charge in [-0.3, -0.25) is 9.69 Å². The first-order chi connectivity index (χ1) is 16.2. The minimum atomic E-state index is -1.20. The van der Waals surface area contributed by atoms with E-state index in [9.17, 15) is 14.7 Å². The molecule has 4 bridgehead atoms. The molecule has 1 aliphatic heterocycles. The standard InChI is InChI=1S/C28H39NO5/c1-6-9-29-13-19(5)34-24(14-29)33-16-27-12-21-18(4)7-8-22(21)26(15-30)11-20(27)10-23(17(2)3)28(26,27)25(31)32/h1,10,15,17-22,24H,7-9,11-14,16H2,2-5H3,(H,31,32)/t18-,19-,20-,21-,22-,24-,26+,27?,28+/m1/s1. The van der Waals surface area contributed by atoms with Gasteiger partial charge < -0.3 is 19.4 Å². The molecule has 5 rings (SSSR count). The van der Waals surface area contributed by atoms with Crippen molar-refractivity contribution in [2.45, 2.75) is 65.8 Å². The molecule has 9 atom stereocenters. The van der Waals surface area contributed by atoms with Gasteiger partial charge in [0.05, 0.1) is 31.2 Å². The molecule has 1 heterocycles. The number of morpholine rings is 1. The number of carboxylic acids is 1. The highest BCUT2D eigenvalue weighted by atomic mass is 16.7. The van der Waals surface area contributed by atoms with E-state index in [1.807, 2.05) is 6.92 Å². The van der Waals surface area contributed by atoms with Crippen LogP contribution in [0.25, 0.3) is 0 Å². The van der Waals surface area contributed by atoms with E-state index in [-0.39, 0.29) is 23.9 Å². The van der Waals surface area contributed by atoms with Crippen molar-refractivity contribution in [2.75, 3.05) is 26.2 Å². The smallest absolute Gasteiger partial charge is 0.315 e. The van der Waals surface area contributed by atoms with Crippen LogP contribution in [0.15, 0.2) is 11.6 Å². The molecule has 5 aliphatic rings. The molecule has 0 aromatic rings. The van der Waals surface area contributed by atoms with E-state index in [1.165, 1.54) is 0 Å². The lowest BCUT2D eigenvalue weighted by Crippen LogP contribution is -2.64. The van der Waals surface area contributed by atoms with E-state index in [1.54, 1.807) is 0 Å². The summed E-state index contributed by atoms with van der Waals surface area (Å²) in [6.45, 7) is 10.6. The summed E-state index contributed by atoms with van der Waals surface area (Å²) in [6.07, 6.45) is 11.8. The molecular weight excluding hydrogens is 430 g/mol. The summed E-state index contributed by atoms with van der Waals surface area (Å²) in [5, 5.41) is 11.0. The molecule has 4 fully saturated rings. The van der Waals surface area contributed by atoms with Gasteiger partial charge in [0.2, 0.25) is 0 Å². The topological polar surface area (TPSA) is 76.1 Å². The van der Waals surface area contributed by atoms with Crippen LogP contribution in [-0.4, -0.2) is 60.9 Å². The normalized spacial score (nSPS) is 47.4. The highest BCUT2D eigenvalue weighted by molar-refractivity contribution is 5.90. The zero-order valence-corrected chi connectivity index (χ0v) is 21.0. The van der Waals surface area contributed by atoms with Gasteiger partial charge in [0, 0.05) is 12.0 Å². The number of carboxylic acid groups (broad SMARTS) is 1. The van der Waals surface area contributed by atoms with E-state index >= 15 is 0 Å². The maximum Gasteiger partial charge on any atom is 0.315 e. The van der Waals surface area contributed by atoms with Gasteiger partial charge in [0.15, 0.2) is 6.29 Å². The van der Waals surface area contributed by atoms with Crippen LogP contribution >= 0.6 is 0 Å². The van der Waals surface area contributed by atoms with Crippen LogP contribution in [0.3, 0.4) is 0 Å². The predicted octanol–water partition coefficient (Wildman–Crippen LogP) is 3.61. The second-order valence-corrected chi connectivity index (χ2v) is 12.1. The van der Waals surface area contributed by atoms with Gasteiger partial charge in [0.25, 0.3) is 0 Å². The van der Waals surface area contributed by atoms with Gasteiger partial charge >= 0.3 is 5.97 Å². The Morgan fingerprint density at radius 3 is 2.76 bits per heavy atom. The first kappa shape index (κ1) is 24.0. The van der Waals surface area contributed by atoms with Crippen LogP contribution in [0.1, 0.15) is 53.4 Å². The van der Waals surface area contributed by atoms with Crippen LogP contribution in [0.5, 0.6) is 0 Å². The van der Waals surface area contributed by atoms with Gasteiger partial charge in [-0.1, -0.05) is 44.8 Å². The third-order valence-corrected chi connectivity index (χ3v) is 10.3. The second-order valence-electron chi connectivity index (χ2n) is 12.1. The summed E-state index contributed by atoms with van der Waals surface area (Å²) in [4.78, 5) is 28.7. The Balaban J connectivity index is 1.55. The molecule has 0 spiro atoms. The van der Waals surface area contributed by atoms with E-state index in [2.05, 4.69) is 37.7 Å². The Morgan fingerprint density at radius 1 is 1.35 bits per heavy atom. The summed E-state index contributed by atoms with van der Waals surface area (Å²) in [5.74, 6) is 2.94. The number of carbonyl (C=O) groups is 2. The Bertz CT molecular complexity index is 938. The fourth-order valence-electron chi connectivity index (χ4n) is 9.22. The van der Waals surface area contributed by atoms with E-state index in [0.29, 0.717) is 38.0 Å². The fraction of sp³-hybridized carbons (Fsp3) is 0.786. The number of nitrogens with zero attached hydrogens (tertiary/aromatic N) is 1. The van der Waals surface area contributed by atoms with Crippen LogP contribution in [0.4, 0.5) is 0 Å². The average molecular weight is 470 g/mol. The Morgan fingerprint density at radius 2 is 2.12 bits per heavy atom. The monoisotopic (exact) mass is 469 g/mol. The van der Waals surface area contributed by atoms with Gasteiger partial charge in [0.1, 0.15) is 11.7 Å². The molecule has 0 aromatic heterocycles. The zero-order valence-electron chi connectivity index (χ0n) is 21.0. The largest absolute Gasteiger partial charge is 0.481 e. The number of hydrogen-bond donors (Lipinski definition) is 1. The SMILES string of the molecule is C#CCN1C[C@H](OCC23C[C@@H]4[C@H](C)CC[C@H]4[C@@]4(C=O)C[C@H]2C=C(C(C)C)[C@@]34C(=O)O)O[C@H](C)C1. The number of terminal acetylenes is 1. The molecule has 3 saturated carbocycles. The lowest BCUT2D eigenvalue weighted by Gasteiger charge is -2.58. The van der Waals surface area contributed by atoms with Gasteiger partial charge in [-0.2, -0.15) is 0 Å². The Kier molecular flexibility index (Phi) is 5.78. The molecule has 186 valence electrons. The van der Waals surface area contributed by atoms with Crippen molar-refractivity contribution < 1.29 is 24.2 Å². The highest BCUT2D eigenvalue weighted by Crippen LogP contribution is 2.82. The lowest BCUT2D eigenvalue weighted by atomic mass is 9.43. The average Bonchev–Trinajstić information content (AvgIpc) is 3.35. The summed E-state index contributed by atoms with van der Waals surface area (Å²) >= 11 is 0. The number of ether oxygens (including phenoxy) is 2. The van der Waals surface area contributed by atoms with Crippen LogP contribution in [0.2, 0.25) is 0 Å². The minimum absolute atomic E-state index is 0.0117. The number of hydrogen-bond acceptors (Lipinski definition) is 5. The second kappa shape index (κ2) is 8.18. The maximum atomic E-state index is 13.5. The first-order valence-electron chi connectivity index (χ1n) is 13.0. The predicted molar refractivity (Wildman–Crippen MR) is 128 cm³/mol. The quantitative estimate of drug-likeness (QED) is 0.349. The van der Waals surface area contributed by atoms with Gasteiger partial charge in [-0.05, 0) is 55.8 Å². The van der Waals surface area contributed by atoms with Crippen molar-refractivity contribution in [1.29, 1.82) is 0 Å². The molecule has 1 saturated heterocycles. The number of rotatable bonds is 7. The lowest BCUT2D eigenvalue weighted by molar-refractivity contribution is -0.235. The van der Waals surface area contributed by atoms with E-state index < -0.39 is 28.5 Å². The summed E-state index contributed by atoms with van der Waals surface area (Å²) in [6, 6.07) is 0. The van der Waals surface area contributed by atoms with Crippen molar-refractivity contribution in [1.82, 2.24) is 4.90 Å². The molecule has 0 radical (unpaired) electrons. The summed E-state index contributed by atoms with van der Waals surface area (Å²) < 4.78 is 12.6. The molecule has 1 unspecified atom stereocenters. The highest BCUT2D eigenvalue weighted by Gasteiger charge is 2.84. The Labute approximate surface area is 203 Å². The van der Waals surface area contributed by atoms with Gasteiger partial charge in [-0.15, -0.1) is 6.42 Å². The number of carbonyl (C=O) groups excluding carboxylic acids is 1. The first-order valence-corrected chi connectivity index (χ1v) is 13.0. The zero-order chi connectivity index (χ0) is 24.5. The Hall–Kier alpha value is -1.68. The van der Waals surface area contributed by atoms with Crippen molar-refractivity contribution in [3.05, 3.63) is 11.6 Å². The third kappa shape index (κ3) is 2.87. The molecule has 1 N–H and O–H groups in total. The molecule has 6 heteroatoms. The molecule has 0 aromatic carbocycles. The maximum absolute atomic E-state index is 13.5. The molecular formula is C28H39NO5. The van der Waals surface area contributed by atoms with Crippen LogP contribution in [-0.2, 0) is 19.1 Å². The van der Waals surface area contributed by atoms with E-state index in [0.717, 1.165) is 37.7 Å². The van der Waals surface area contributed by atoms with Crippen molar-refractivity contribution >= 4 is 12.3 Å². The van der Waals surface area contributed by atoms with Crippen LogP contribution in [0, 0.1) is 58.2 Å². The molecule has 4 aliphatic carbocycles. The third-order valence-electron chi connectivity index (χ3n) is 10.3. The van der Waals surface area contributed by atoms with E-state index in [4.69, 9.17) is 15.9 Å². The van der Waals surface area contributed by atoms with Crippen molar-refractivity contribution in [3.8, 4) is 12.3 Å². The molecule has 6 nitrogen and oxygen atoms in total. The fourth-order valence-corrected chi connectivity index (χ4v) is 9.22.